The Morgan fingerprint density at radius 2 is 2.00 bits per heavy atom. The molecule has 108 valence electrons. The van der Waals surface area contributed by atoms with Gasteiger partial charge in [-0.05, 0) is 25.5 Å². The summed E-state index contributed by atoms with van der Waals surface area (Å²) >= 11 is 1.52. The van der Waals surface area contributed by atoms with E-state index in [1.807, 2.05) is 30.7 Å². The average Bonchev–Trinajstić information content (AvgIpc) is 2.92. The highest BCUT2D eigenvalue weighted by molar-refractivity contribution is 7.16. The van der Waals surface area contributed by atoms with Crippen LogP contribution in [0.15, 0.2) is 29.4 Å². The molecule has 0 spiro atoms. The monoisotopic (exact) mass is 300 g/mol. The van der Waals surface area contributed by atoms with E-state index in [0.717, 1.165) is 15.8 Å². The van der Waals surface area contributed by atoms with Crippen molar-refractivity contribution < 1.29 is 4.79 Å². The lowest BCUT2D eigenvalue weighted by Crippen LogP contribution is -2.15. The predicted octanol–water partition coefficient (Wildman–Crippen LogP) is 2.33. The fourth-order valence-corrected chi connectivity index (χ4v) is 3.59. The molecule has 0 atom stereocenters. The molecule has 0 aliphatic carbocycles. The Kier molecular flexibility index (Phi) is 3.25. The van der Waals surface area contributed by atoms with Gasteiger partial charge in [0.05, 0.1) is 16.4 Å². The van der Waals surface area contributed by atoms with Crippen molar-refractivity contribution in [1.82, 2.24) is 14.3 Å². The van der Waals surface area contributed by atoms with Crippen LogP contribution in [0.4, 0.5) is 0 Å². The van der Waals surface area contributed by atoms with Crippen LogP contribution in [0.2, 0.25) is 0 Å². The number of thiazole rings is 1. The molecule has 0 aliphatic rings. The molecule has 6 heteroatoms. The molecular formula is C15H16N4OS. The molecule has 2 aromatic heterocycles. The molecule has 0 saturated carbocycles. The van der Waals surface area contributed by atoms with Crippen LogP contribution in [0.5, 0.6) is 0 Å². The number of para-hydroxylation sites is 1. The minimum atomic E-state index is -0.257. The van der Waals surface area contributed by atoms with E-state index in [-0.39, 0.29) is 5.91 Å². The van der Waals surface area contributed by atoms with E-state index in [0.29, 0.717) is 10.5 Å². The second-order valence-electron chi connectivity index (χ2n) is 5.08. The number of carbonyl (C=O) groups is 1. The zero-order chi connectivity index (χ0) is 15.1. The fourth-order valence-electron chi connectivity index (χ4n) is 2.50. The number of hydrogen-bond donors (Lipinski definition) is 0. The Hall–Kier alpha value is -2.21. The summed E-state index contributed by atoms with van der Waals surface area (Å²) in [5.41, 5.74) is 3.67. The molecule has 0 fully saturated rings. The van der Waals surface area contributed by atoms with Crippen LogP contribution in [-0.2, 0) is 14.1 Å². The van der Waals surface area contributed by atoms with Gasteiger partial charge >= 0.3 is 0 Å². The quantitative estimate of drug-likeness (QED) is 0.692. The molecule has 1 amide bonds. The summed E-state index contributed by atoms with van der Waals surface area (Å²) in [5.74, 6) is -0.257. The Balaban J connectivity index is 2.19. The van der Waals surface area contributed by atoms with Gasteiger partial charge in [0.1, 0.15) is 5.69 Å². The summed E-state index contributed by atoms with van der Waals surface area (Å²) in [6, 6.07) is 6.13. The summed E-state index contributed by atoms with van der Waals surface area (Å²) in [6.07, 6.45) is 1.68. The molecule has 3 rings (SSSR count). The third-order valence-electron chi connectivity index (χ3n) is 3.55. The first-order chi connectivity index (χ1) is 9.99. The van der Waals surface area contributed by atoms with Crippen molar-refractivity contribution in [1.29, 1.82) is 0 Å². The Labute approximate surface area is 126 Å². The van der Waals surface area contributed by atoms with Gasteiger partial charge in [-0.2, -0.15) is 10.1 Å². The molecule has 2 heterocycles. The van der Waals surface area contributed by atoms with E-state index in [2.05, 4.69) is 23.1 Å². The predicted molar refractivity (Wildman–Crippen MR) is 83.4 cm³/mol. The van der Waals surface area contributed by atoms with Crippen LogP contribution in [0, 0.1) is 13.8 Å². The first-order valence-electron chi connectivity index (χ1n) is 6.62. The van der Waals surface area contributed by atoms with E-state index in [9.17, 15) is 4.79 Å². The maximum Gasteiger partial charge on any atom is 0.298 e. The van der Waals surface area contributed by atoms with Crippen LogP contribution in [0.1, 0.15) is 21.6 Å². The largest absolute Gasteiger partial charge is 0.319 e. The van der Waals surface area contributed by atoms with E-state index in [1.54, 1.807) is 17.9 Å². The minimum Gasteiger partial charge on any atom is -0.319 e. The number of fused-ring (bicyclic) bond motifs is 1. The zero-order valence-corrected chi connectivity index (χ0v) is 13.2. The van der Waals surface area contributed by atoms with Crippen molar-refractivity contribution >= 4 is 27.5 Å². The van der Waals surface area contributed by atoms with Crippen molar-refractivity contribution in [3.05, 3.63) is 46.0 Å². The van der Waals surface area contributed by atoms with Gasteiger partial charge in [0.15, 0.2) is 4.80 Å². The van der Waals surface area contributed by atoms with Gasteiger partial charge in [0.25, 0.3) is 5.91 Å². The van der Waals surface area contributed by atoms with Gasteiger partial charge in [0, 0.05) is 19.7 Å². The van der Waals surface area contributed by atoms with Gasteiger partial charge in [-0.25, -0.2) is 0 Å². The molecule has 0 unspecified atom stereocenters. The topological polar surface area (TPSA) is 52.2 Å². The lowest BCUT2D eigenvalue weighted by molar-refractivity contribution is 0.0988. The normalized spacial score (nSPS) is 12.3. The van der Waals surface area contributed by atoms with Gasteiger partial charge in [0.2, 0.25) is 0 Å². The molecule has 0 saturated heterocycles. The molecule has 21 heavy (non-hydrogen) atoms. The summed E-state index contributed by atoms with van der Waals surface area (Å²) in [6.45, 7) is 3.93. The zero-order valence-electron chi connectivity index (χ0n) is 12.4. The smallest absolute Gasteiger partial charge is 0.298 e. The molecule has 0 radical (unpaired) electrons. The summed E-state index contributed by atoms with van der Waals surface area (Å²) < 4.78 is 4.67. The number of aromatic nitrogens is 3. The highest BCUT2D eigenvalue weighted by atomic mass is 32.1. The second kappa shape index (κ2) is 4.96. The second-order valence-corrected chi connectivity index (χ2v) is 6.09. The van der Waals surface area contributed by atoms with Gasteiger partial charge < -0.3 is 4.57 Å². The standard InChI is InChI=1S/C15H16N4OS/c1-9-6-5-7-11-12(9)18(3)15(21-11)17-14(20)13-10(2)8-16-19(13)4/h5-8H,1-4H3. The van der Waals surface area contributed by atoms with Crippen molar-refractivity contribution in [3.63, 3.8) is 0 Å². The van der Waals surface area contributed by atoms with Crippen LogP contribution >= 0.6 is 11.3 Å². The minimum absolute atomic E-state index is 0.257. The highest BCUT2D eigenvalue weighted by Gasteiger charge is 2.14. The molecule has 5 nitrogen and oxygen atoms in total. The third-order valence-corrected chi connectivity index (χ3v) is 4.64. The summed E-state index contributed by atoms with van der Waals surface area (Å²) in [7, 11) is 3.69. The van der Waals surface area contributed by atoms with Gasteiger partial charge in [-0.3, -0.25) is 9.48 Å². The third kappa shape index (κ3) is 2.21. The van der Waals surface area contributed by atoms with Crippen LogP contribution in [0.25, 0.3) is 10.2 Å². The molecule has 1 aromatic carbocycles. The lowest BCUT2D eigenvalue weighted by atomic mass is 10.2. The first-order valence-corrected chi connectivity index (χ1v) is 7.43. The van der Waals surface area contributed by atoms with E-state index < -0.39 is 0 Å². The van der Waals surface area contributed by atoms with Gasteiger partial charge in [-0.1, -0.05) is 23.5 Å². The van der Waals surface area contributed by atoms with E-state index >= 15 is 0 Å². The maximum atomic E-state index is 12.4. The number of aryl methyl sites for hydroxylation is 4. The number of benzene rings is 1. The molecule has 0 aliphatic heterocycles. The van der Waals surface area contributed by atoms with Crippen molar-refractivity contribution in [2.45, 2.75) is 13.8 Å². The van der Waals surface area contributed by atoms with Crippen molar-refractivity contribution in [2.75, 3.05) is 0 Å². The fraction of sp³-hybridized carbons (Fsp3) is 0.267. The molecule has 3 aromatic rings. The Bertz CT molecular complexity index is 894. The van der Waals surface area contributed by atoms with Crippen molar-refractivity contribution in [3.8, 4) is 0 Å². The number of amides is 1. The highest BCUT2D eigenvalue weighted by Crippen LogP contribution is 2.19. The number of nitrogens with zero attached hydrogens (tertiary/aromatic N) is 4. The average molecular weight is 300 g/mol. The van der Waals surface area contributed by atoms with Crippen molar-refractivity contribution in [2.24, 2.45) is 19.1 Å². The number of rotatable bonds is 1. The molecular weight excluding hydrogens is 284 g/mol. The number of hydrogen-bond acceptors (Lipinski definition) is 3. The van der Waals surface area contributed by atoms with Crippen LogP contribution in [0.3, 0.4) is 0 Å². The molecule has 0 bridgehead atoms. The Morgan fingerprint density at radius 3 is 2.62 bits per heavy atom. The van der Waals surface area contributed by atoms with Gasteiger partial charge in [-0.15, -0.1) is 0 Å². The number of carbonyl (C=O) groups excluding carboxylic acids is 1. The van der Waals surface area contributed by atoms with Crippen LogP contribution in [-0.4, -0.2) is 20.3 Å². The lowest BCUT2D eigenvalue weighted by Gasteiger charge is -2.00. The summed E-state index contributed by atoms with van der Waals surface area (Å²) in [5, 5.41) is 4.09. The van der Waals surface area contributed by atoms with E-state index in [1.165, 1.54) is 16.9 Å². The summed E-state index contributed by atoms with van der Waals surface area (Å²) in [4.78, 5) is 17.4. The van der Waals surface area contributed by atoms with E-state index in [4.69, 9.17) is 0 Å². The molecule has 0 N–H and O–H groups in total. The SMILES string of the molecule is Cc1cnn(C)c1C(=O)N=c1sc2cccc(C)c2n1C. The maximum absolute atomic E-state index is 12.4. The Morgan fingerprint density at radius 1 is 1.24 bits per heavy atom. The van der Waals surface area contributed by atoms with Crippen LogP contribution < -0.4 is 4.80 Å². The first kappa shape index (κ1) is 13.8.